The maximum atomic E-state index is 12.6. The number of carbonyl (C=O) groups is 3. The van der Waals surface area contributed by atoms with Crippen molar-refractivity contribution in [3.05, 3.63) is 146 Å². The van der Waals surface area contributed by atoms with Gasteiger partial charge in [-0.15, -0.1) is 0 Å². The topological polar surface area (TPSA) is 78.9 Å². The largest absolute Gasteiger partial charge is 0.462 e. The van der Waals surface area contributed by atoms with Crippen LogP contribution in [0, 0.1) is 0 Å². The lowest BCUT2D eigenvalue weighted by molar-refractivity contribution is -0.166. The van der Waals surface area contributed by atoms with Gasteiger partial charge in [0.05, 0.1) is 6.42 Å². The molecule has 0 aromatic carbocycles. The number of carbonyl (C=O) groups excluding carboxylic acids is 3. The molecule has 314 valence electrons. The van der Waals surface area contributed by atoms with E-state index >= 15 is 0 Å². The Morgan fingerprint density at radius 3 is 1.35 bits per heavy atom. The van der Waals surface area contributed by atoms with E-state index in [9.17, 15) is 14.4 Å². The van der Waals surface area contributed by atoms with Gasteiger partial charge in [0.1, 0.15) is 13.2 Å². The lowest BCUT2D eigenvalue weighted by Gasteiger charge is -2.18. The second kappa shape index (κ2) is 44.0. The van der Waals surface area contributed by atoms with Crippen LogP contribution >= 0.6 is 0 Å². The fourth-order valence-corrected chi connectivity index (χ4v) is 4.87. The lowest BCUT2D eigenvalue weighted by atomic mass is 10.1. The van der Waals surface area contributed by atoms with Gasteiger partial charge in [-0.05, 0) is 70.6 Å². The van der Waals surface area contributed by atoms with Gasteiger partial charge in [-0.3, -0.25) is 14.4 Å². The van der Waals surface area contributed by atoms with Crippen LogP contribution < -0.4 is 0 Å². The summed E-state index contributed by atoms with van der Waals surface area (Å²) in [6.45, 7) is 6.10. The van der Waals surface area contributed by atoms with Crippen LogP contribution in [0.5, 0.6) is 0 Å². The molecule has 0 spiro atoms. The van der Waals surface area contributed by atoms with Crippen molar-refractivity contribution in [3.8, 4) is 0 Å². The maximum absolute atomic E-state index is 12.6. The fourth-order valence-electron chi connectivity index (χ4n) is 4.87. The minimum Gasteiger partial charge on any atom is -0.462 e. The van der Waals surface area contributed by atoms with Gasteiger partial charge in [0.25, 0.3) is 0 Å². The lowest BCUT2D eigenvalue weighted by Crippen LogP contribution is -2.30. The van der Waals surface area contributed by atoms with Gasteiger partial charge in [-0.2, -0.15) is 0 Å². The Morgan fingerprint density at radius 2 is 0.825 bits per heavy atom. The summed E-state index contributed by atoms with van der Waals surface area (Å²) in [6, 6.07) is 0. The molecule has 0 saturated carbocycles. The smallest absolute Gasteiger partial charge is 0.309 e. The molecule has 0 saturated heterocycles. The van der Waals surface area contributed by atoms with E-state index in [1.54, 1.807) is 6.08 Å². The summed E-state index contributed by atoms with van der Waals surface area (Å²) >= 11 is 0. The fraction of sp³-hybridized carbons (Fsp3) is 0.471. The zero-order valence-electron chi connectivity index (χ0n) is 35.5. The van der Waals surface area contributed by atoms with Crippen molar-refractivity contribution in [2.24, 2.45) is 0 Å². The molecule has 6 nitrogen and oxygen atoms in total. The standard InChI is InChI=1S/C51H74O6/c1-4-7-10-13-16-19-21-22-23-24-25-26-27-28-30-32-35-38-41-44-50(53)56-47-48(46-55-49(52)43-40-37-34-31-18-15-12-9-6-3)57-51(54)45-42-39-36-33-29-20-17-14-11-8-5-2/h7,9-10,12-14,16-31,37,40,48H,4-6,8,11,15,32-36,38-39,41-47H2,1-3H3/b10-7-,12-9-,16-13-,17-14-,21-19-,23-22-,25-24+,27-26-,29-20-,30-28-,31-18-,40-37-. The molecule has 1 atom stereocenters. The number of hydrogen-bond donors (Lipinski definition) is 0. The van der Waals surface area contributed by atoms with Crippen LogP contribution in [0.1, 0.15) is 136 Å². The summed E-state index contributed by atoms with van der Waals surface area (Å²) in [6.07, 6.45) is 62.9. The van der Waals surface area contributed by atoms with Crippen molar-refractivity contribution in [2.75, 3.05) is 13.2 Å². The number of allylic oxidation sites excluding steroid dienone is 23. The predicted octanol–water partition coefficient (Wildman–Crippen LogP) is 13.7. The predicted molar refractivity (Wildman–Crippen MR) is 242 cm³/mol. The van der Waals surface area contributed by atoms with Gasteiger partial charge < -0.3 is 14.2 Å². The summed E-state index contributed by atoms with van der Waals surface area (Å²) in [4.78, 5) is 37.5. The van der Waals surface area contributed by atoms with Gasteiger partial charge >= 0.3 is 17.9 Å². The molecule has 0 aliphatic rings. The molecule has 0 aliphatic carbocycles. The van der Waals surface area contributed by atoms with E-state index in [4.69, 9.17) is 14.2 Å². The van der Waals surface area contributed by atoms with E-state index in [-0.39, 0.29) is 44.4 Å². The highest BCUT2D eigenvalue weighted by molar-refractivity contribution is 5.72. The highest BCUT2D eigenvalue weighted by atomic mass is 16.6. The van der Waals surface area contributed by atoms with Crippen molar-refractivity contribution >= 4 is 17.9 Å². The zero-order valence-corrected chi connectivity index (χ0v) is 35.5. The average Bonchev–Trinajstić information content (AvgIpc) is 3.21. The van der Waals surface area contributed by atoms with Crippen LogP contribution in [-0.4, -0.2) is 37.2 Å². The Balaban J connectivity index is 4.59. The Kier molecular flexibility index (Phi) is 40.4. The zero-order chi connectivity index (χ0) is 41.5. The Labute approximate surface area is 347 Å². The molecular formula is C51H74O6. The second-order valence-electron chi connectivity index (χ2n) is 13.4. The van der Waals surface area contributed by atoms with E-state index in [2.05, 4.69) is 81.5 Å². The molecule has 0 aromatic rings. The summed E-state index contributed by atoms with van der Waals surface area (Å²) in [7, 11) is 0. The third kappa shape index (κ3) is 42.3. The number of ether oxygens (including phenoxy) is 3. The van der Waals surface area contributed by atoms with Crippen molar-refractivity contribution in [1.29, 1.82) is 0 Å². The number of unbranched alkanes of at least 4 members (excludes halogenated alkanes) is 8. The minimum absolute atomic E-state index is 0.113. The number of rotatable bonds is 35. The molecule has 0 N–H and O–H groups in total. The molecule has 1 unspecified atom stereocenters. The van der Waals surface area contributed by atoms with E-state index < -0.39 is 12.1 Å². The van der Waals surface area contributed by atoms with Crippen LogP contribution in [0.3, 0.4) is 0 Å². The molecule has 6 heteroatoms. The quantitative estimate of drug-likeness (QED) is 0.0209. The van der Waals surface area contributed by atoms with Crippen LogP contribution in [0.4, 0.5) is 0 Å². The first kappa shape index (κ1) is 52.3. The van der Waals surface area contributed by atoms with Crippen LogP contribution in [0.25, 0.3) is 0 Å². The van der Waals surface area contributed by atoms with Gasteiger partial charge in [-0.25, -0.2) is 0 Å². The van der Waals surface area contributed by atoms with Crippen molar-refractivity contribution in [2.45, 2.75) is 142 Å². The summed E-state index contributed by atoms with van der Waals surface area (Å²) in [5.41, 5.74) is 0. The normalized spacial score (nSPS) is 13.5. The third-order valence-electron chi connectivity index (χ3n) is 8.06. The molecule has 0 aromatic heterocycles. The van der Waals surface area contributed by atoms with Crippen molar-refractivity contribution in [1.82, 2.24) is 0 Å². The number of esters is 3. The number of hydrogen-bond acceptors (Lipinski definition) is 6. The SMILES string of the molecule is CC\C=C/C=C\C=C/C=C\C=C\C=C/C=C\CCCCCC(=O)OCC(COC(=O)C/C=C\C/C=C\C/C=C\CC)OC(=O)CCCCC/C=C\C=C/CCCC. The van der Waals surface area contributed by atoms with Crippen LogP contribution in [0.2, 0.25) is 0 Å². The van der Waals surface area contributed by atoms with Gasteiger partial charge in [-0.1, -0.05) is 192 Å². The Hall–Kier alpha value is -4.71. The summed E-state index contributed by atoms with van der Waals surface area (Å²) in [5.74, 6) is -1.17. The first-order chi connectivity index (χ1) is 28.0. The summed E-state index contributed by atoms with van der Waals surface area (Å²) in [5, 5.41) is 0. The molecule has 0 rings (SSSR count). The molecule has 0 heterocycles. The monoisotopic (exact) mass is 783 g/mol. The Morgan fingerprint density at radius 1 is 0.404 bits per heavy atom. The highest BCUT2D eigenvalue weighted by Gasteiger charge is 2.19. The third-order valence-corrected chi connectivity index (χ3v) is 8.06. The Bertz CT molecular complexity index is 1360. The van der Waals surface area contributed by atoms with Gasteiger partial charge in [0.15, 0.2) is 6.10 Å². The minimum atomic E-state index is -0.850. The van der Waals surface area contributed by atoms with E-state index in [1.165, 1.54) is 12.8 Å². The molecule has 0 amide bonds. The molecular weight excluding hydrogens is 709 g/mol. The molecule has 0 bridgehead atoms. The molecule has 0 radical (unpaired) electrons. The van der Waals surface area contributed by atoms with Crippen molar-refractivity contribution < 1.29 is 28.6 Å². The first-order valence-corrected chi connectivity index (χ1v) is 21.5. The first-order valence-electron chi connectivity index (χ1n) is 21.5. The highest BCUT2D eigenvalue weighted by Crippen LogP contribution is 2.09. The van der Waals surface area contributed by atoms with E-state index in [1.807, 2.05) is 79.0 Å². The van der Waals surface area contributed by atoms with Gasteiger partial charge in [0.2, 0.25) is 0 Å². The molecule has 0 fully saturated rings. The van der Waals surface area contributed by atoms with E-state index in [0.29, 0.717) is 12.8 Å². The second-order valence-corrected chi connectivity index (χ2v) is 13.4. The van der Waals surface area contributed by atoms with Gasteiger partial charge in [0, 0.05) is 12.8 Å². The molecule has 0 aliphatic heterocycles. The van der Waals surface area contributed by atoms with Crippen molar-refractivity contribution in [3.63, 3.8) is 0 Å². The molecule has 57 heavy (non-hydrogen) atoms. The average molecular weight is 783 g/mol. The van der Waals surface area contributed by atoms with Crippen LogP contribution in [-0.2, 0) is 28.6 Å². The maximum Gasteiger partial charge on any atom is 0.309 e. The van der Waals surface area contributed by atoms with Crippen LogP contribution in [0.15, 0.2) is 146 Å². The summed E-state index contributed by atoms with van der Waals surface area (Å²) < 4.78 is 16.5. The van der Waals surface area contributed by atoms with E-state index in [0.717, 1.165) is 70.6 Å².